The number of hydrogen-bond acceptors (Lipinski definition) is 2. The fourth-order valence-electron chi connectivity index (χ4n) is 1.62. The molecule has 1 rings (SSSR count). The molecule has 0 aliphatic carbocycles. The molecule has 0 spiro atoms. The average Bonchev–Trinajstić information content (AvgIpc) is 2.70. The summed E-state index contributed by atoms with van der Waals surface area (Å²) in [7, 11) is 2.16. The van der Waals surface area contributed by atoms with Crippen molar-refractivity contribution in [1.82, 2.24) is 14.7 Å². The van der Waals surface area contributed by atoms with Crippen LogP contribution in [0, 0.1) is 0 Å². The molecular weight excluding hydrogens is 266 g/mol. The van der Waals surface area contributed by atoms with E-state index in [1.807, 2.05) is 0 Å². The van der Waals surface area contributed by atoms with Crippen LogP contribution in [-0.4, -0.2) is 33.1 Å². The molecule has 1 unspecified atom stereocenters. The van der Waals surface area contributed by atoms with Crippen LogP contribution in [0.3, 0.4) is 0 Å². The topological polar surface area (TPSA) is 21.1 Å². The van der Waals surface area contributed by atoms with Gasteiger partial charge in [-0.15, -0.1) is 0 Å². The molecule has 92 valence electrons. The molecule has 0 saturated heterocycles. The first kappa shape index (κ1) is 13.7. The highest BCUT2D eigenvalue weighted by Crippen LogP contribution is 2.10. The maximum Gasteiger partial charge on any atom is 0.0625 e. The average molecular weight is 288 g/mol. The molecule has 1 atom stereocenters. The Labute approximate surface area is 107 Å². The predicted octanol–water partition coefficient (Wildman–Crippen LogP) is 2.68. The second kappa shape index (κ2) is 6.40. The van der Waals surface area contributed by atoms with Gasteiger partial charge in [0.1, 0.15) is 0 Å². The fraction of sp³-hybridized carbons (Fsp3) is 0.750. The van der Waals surface area contributed by atoms with Crippen molar-refractivity contribution < 1.29 is 0 Å². The molecule has 16 heavy (non-hydrogen) atoms. The lowest BCUT2D eigenvalue weighted by Gasteiger charge is -2.22. The van der Waals surface area contributed by atoms with Crippen molar-refractivity contribution in [2.45, 2.75) is 46.3 Å². The van der Waals surface area contributed by atoms with Crippen LogP contribution in [-0.2, 0) is 19.5 Å². The van der Waals surface area contributed by atoms with Gasteiger partial charge in [0.05, 0.1) is 11.4 Å². The molecule has 0 aliphatic heterocycles. The van der Waals surface area contributed by atoms with E-state index < -0.39 is 0 Å². The predicted molar refractivity (Wildman–Crippen MR) is 72.0 cm³/mol. The van der Waals surface area contributed by atoms with Gasteiger partial charge in [0.2, 0.25) is 0 Å². The second-order valence-electron chi connectivity index (χ2n) is 4.21. The summed E-state index contributed by atoms with van der Waals surface area (Å²) in [5.41, 5.74) is 2.51. The van der Waals surface area contributed by atoms with Gasteiger partial charge in [0, 0.05) is 24.5 Å². The molecule has 0 amide bonds. The molecule has 0 fully saturated rings. The first-order valence-corrected chi connectivity index (χ1v) is 7.06. The van der Waals surface area contributed by atoms with Gasteiger partial charge in [-0.3, -0.25) is 9.58 Å². The third kappa shape index (κ3) is 3.32. The summed E-state index contributed by atoms with van der Waals surface area (Å²) in [6, 6.07) is 2.77. The highest BCUT2D eigenvalue weighted by atomic mass is 79.9. The van der Waals surface area contributed by atoms with Gasteiger partial charge in [-0.25, -0.2) is 0 Å². The molecule has 1 aromatic rings. The van der Waals surface area contributed by atoms with E-state index in [2.05, 4.69) is 64.5 Å². The maximum atomic E-state index is 4.56. The molecule has 1 aromatic heterocycles. The summed E-state index contributed by atoms with van der Waals surface area (Å²) < 4.78 is 2.11. The minimum absolute atomic E-state index is 0.547. The van der Waals surface area contributed by atoms with Crippen molar-refractivity contribution in [3.05, 3.63) is 17.5 Å². The molecule has 3 nitrogen and oxygen atoms in total. The maximum absolute atomic E-state index is 4.56. The number of aromatic nitrogens is 2. The van der Waals surface area contributed by atoms with Crippen LogP contribution in [0.2, 0.25) is 0 Å². The van der Waals surface area contributed by atoms with Crippen molar-refractivity contribution in [2.75, 3.05) is 12.4 Å². The minimum atomic E-state index is 0.547. The quantitative estimate of drug-likeness (QED) is 0.750. The Morgan fingerprint density at radius 2 is 2.19 bits per heavy atom. The standard InChI is InChI=1S/C12H22BrN3/c1-5-11-7-12(16(6-2)14-11)9-15(4)10(3)8-13/h7,10H,5-6,8-9H2,1-4H3. The number of hydrogen-bond donors (Lipinski definition) is 0. The summed E-state index contributed by atoms with van der Waals surface area (Å²) in [6.45, 7) is 8.43. The largest absolute Gasteiger partial charge is 0.297 e. The zero-order chi connectivity index (χ0) is 12.1. The van der Waals surface area contributed by atoms with Crippen molar-refractivity contribution in [1.29, 1.82) is 0 Å². The minimum Gasteiger partial charge on any atom is -0.297 e. The monoisotopic (exact) mass is 287 g/mol. The van der Waals surface area contributed by atoms with Crippen molar-refractivity contribution in [3.8, 4) is 0 Å². The van der Waals surface area contributed by atoms with Gasteiger partial charge in [-0.1, -0.05) is 22.9 Å². The molecule has 0 radical (unpaired) electrons. The Bertz CT molecular complexity index is 322. The van der Waals surface area contributed by atoms with E-state index in [0.29, 0.717) is 6.04 Å². The Kier molecular flexibility index (Phi) is 5.49. The van der Waals surface area contributed by atoms with Crippen LogP contribution in [0.4, 0.5) is 0 Å². The molecule has 0 aliphatic rings. The van der Waals surface area contributed by atoms with Gasteiger partial charge >= 0.3 is 0 Å². The summed E-state index contributed by atoms with van der Waals surface area (Å²) in [4.78, 5) is 2.34. The number of halogens is 1. The number of nitrogens with zero attached hydrogens (tertiary/aromatic N) is 3. The molecule has 0 N–H and O–H groups in total. The van der Waals surface area contributed by atoms with Gasteiger partial charge in [0.25, 0.3) is 0 Å². The van der Waals surface area contributed by atoms with Crippen molar-refractivity contribution >= 4 is 15.9 Å². The SMILES string of the molecule is CCc1cc(CN(C)C(C)CBr)n(CC)n1. The Balaban J connectivity index is 2.75. The van der Waals surface area contributed by atoms with E-state index >= 15 is 0 Å². The molecule has 0 saturated carbocycles. The van der Waals surface area contributed by atoms with E-state index in [1.54, 1.807) is 0 Å². The van der Waals surface area contributed by atoms with E-state index in [4.69, 9.17) is 0 Å². The second-order valence-corrected chi connectivity index (χ2v) is 4.86. The van der Waals surface area contributed by atoms with Crippen LogP contribution >= 0.6 is 15.9 Å². The lowest BCUT2D eigenvalue weighted by molar-refractivity contribution is 0.262. The van der Waals surface area contributed by atoms with E-state index in [9.17, 15) is 0 Å². The summed E-state index contributed by atoms with van der Waals surface area (Å²) in [5, 5.41) is 5.57. The molecule has 1 heterocycles. The lowest BCUT2D eigenvalue weighted by Crippen LogP contribution is -2.30. The summed E-state index contributed by atoms with van der Waals surface area (Å²) in [5.74, 6) is 0. The first-order valence-electron chi connectivity index (χ1n) is 5.94. The Morgan fingerprint density at radius 3 is 2.69 bits per heavy atom. The lowest BCUT2D eigenvalue weighted by atomic mass is 10.2. The number of alkyl halides is 1. The number of rotatable bonds is 6. The van der Waals surface area contributed by atoms with Gasteiger partial charge in [-0.05, 0) is 33.4 Å². The first-order chi connectivity index (χ1) is 7.62. The van der Waals surface area contributed by atoms with E-state index in [-0.39, 0.29) is 0 Å². The molecule has 0 bridgehead atoms. The highest BCUT2D eigenvalue weighted by molar-refractivity contribution is 9.09. The highest BCUT2D eigenvalue weighted by Gasteiger charge is 2.12. The van der Waals surface area contributed by atoms with Gasteiger partial charge in [-0.2, -0.15) is 5.10 Å². The molecular formula is C12H22BrN3. The Morgan fingerprint density at radius 1 is 1.50 bits per heavy atom. The smallest absolute Gasteiger partial charge is 0.0625 e. The summed E-state index contributed by atoms with van der Waals surface area (Å²) >= 11 is 3.52. The third-order valence-electron chi connectivity index (χ3n) is 2.96. The Hall–Kier alpha value is -0.350. The van der Waals surface area contributed by atoms with Crippen molar-refractivity contribution in [3.63, 3.8) is 0 Å². The van der Waals surface area contributed by atoms with Gasteiger partial charge in [0.15, 0.2) is 0 Å². The van der Waals surface area contributed by atoms with Crippen LogP contribution in [0.15, 0.2) is 6.07 Å². The number of aryl methyl sites for hydroxylation is 2. The van der Waals surface area contributed by atoms with Crippen molar-refractivity contribution in [2.24, 2.45) is 0 Å². The zero-order valence-electron chi connectivity index (χ0n) is 10.7. The van der Waals surface area contributed by atoms with Crippen LogP contribution in [0.1, 0.15) is 32.2 Å². The van der Waals surface area contributed by atoms with Crippen LogP contribution in [0.25, 0.3) is 0 Å². The fourth-order valence-corrected chi connectivity index (χ4v) is 2.11. The zero-order valence-corrected chi connectivity index (χ0v) is 12.3. The van der Waals surface area contributed by atoms with Crippen LogP contribution in [0.5, 0.6) is 0 Å². The summed E-state index contributed by atoms with van der Waals surface area (Å²) in [6.07, 6.45) is 1.01. The van der Waals surface area contributed by atoms with E-state index in [0.717, 1.165) is 24.8 Å². The van der Waals surface area contributed by atoms with Gasteiger partial charge < -0.3 is 0 Å². The normalized spacial score (nSPS) is 13.4. The molecule has 0 aromatic carbocycles. The molecule has 4 heteroatoms. The van der Waals surface area contributed by atoms with E-state index in [1.165, 1.54) is 11.4 Å². The third-order valence-corrected chi connectivity index (χ3v) is 3.90. The van der Waals surface area contributed by atoms with Crippen LogP contribution < -0.4 is 0 Å².